The van der Waals surface area contributed by atoms with Gasteiger partial charge in [0.1, 0.15) is 0 Å². The molecule has 0 aliphatic carbocycles. The summed E-state index contributed by atoms with van der Waals surface area (Å²) in [6.45, 7) is 10.8. The van der Waals surface area contributed by atoms with Gasteiger partial charge in [-0.15, -0.1) is 6.58 Å². The summed E-state index contributed by atoms with van der Waals surface area (Å²) in [7, 11) is -3.98. The first-order chi connectivity index (χ1) is 13.0. The van der Waals surface area contributed by atoms with Crippen molar-refractivity contribution in [2.45, 2.75) is 39.1 Å². The number of hydrogen-bond acceptors (Lipinski definition) is 5. The van der Waals surface area contributed by atoms with Gasteiger partial charge in [-0.25, -0.2) is 18.4 Å². The molecule has 0 bridgehead atoms. The maximum atomic E-state index is 12.5. The van der Waals surface area contributed by atoms with Crippen molar-refractivity contribution in [1.29, 1.82) is 0 Å². The minimum Gasteiger partial charge on any atom is -0.454 e. The monoisotopic (exact) mass is 404 g/mol. The average Bonchev–Trinajstić information content (AvgIpc) is 2.89. The van der Waals surface area contributed by atoms with E-state index >= 15 is 0 Å². The number of nitrogens with two attached hydrogens (primary N) is 1. The number of allylic oxidation sites excluding steroid dienone is 1. The number of sulfonamides is 1. The number of esters is 1. The maximum absolute atomic E-state index is 12.5. The average molecular weight is 404 g/mol. The second kappa shape index (κ2) is 8.12. The molecule has 0 atom stereocenters. The van der Waals surface area contributed by atoms with Crippen LogP contribution >= 0.6 is 0 Å². The van der Waals surface area contributed by atoms with Crippen molar-refractivity contribution in [2.24, 2.45) is 5.14 Å². The lowest BCUT2D eigenvalue weighted by Gasteiger charge is -2.10. The normalized spacial score (nSPS) is 11.3. The number of ether oxygens (including phenoxy) is 1. The van der Waals surface area contributed by atoms with Crippen LogP contribution in [-0.4, -0.2) is 31.3 Å². The molecule has 8 heteroatoms. The Morgan fingerprint density at radius 3 is 2.39 bits per heavy atom. The highest BCUT2D eigenvalue weighted by Crippen LogP contribution is 2.21. The second-order valence-electron chi connectivity index (χ2n) is 6.64. The number of ketones is 1. The van der Waals surface area contributed by atoms with Crippen LogP contribution in [0.1, 0.15) is 43.2 Å². The SMILES string of the molecule is C=CCn1c(C)cc(C(=O)COC(=O)c2cc(C)c(C)c(S(N)(=O)=O)c2)c1C. The van der Waals surface area contributed by atoms with E-state index in [1.807, 2.05) is 18.4 Å². The summed E-state index contributed by atoms with van der Waals surface area (Å²) in [5, 5.41) is 5.21. The molecule has 7 nitrogen and oxygen atoms in total. The van der Waals surface area contributed by atoms with Crippen LogP contribution in [0.4, 0.5) is 0 Å². The van der Waals surface area contributed by atoms with Gasteiger partial charge in [0.25, 0.3) is 0 Å². The van der Waals surface area contributed by atoms with Gasteiger partial charge in [-0.3, -0.25) is 4.79 Å². The summed E-state index contributed by atoms with van der Waals surface area (Å²) < 4.78 is 30.5. The molecule has 0 unspecified atom stereocenters. The van der Waals surface area contributed by atoms with Crippen molar-refractivity contribution in [1.82, 2.24) is 4.57 Å². The molecule has 28 heavy (non-hydrogen) atoms. The van der Waals surface area contributed by atoms with Gasteiger partial charge >= 0.3 is 5.97 Å². The zero-order valence-electron chi connectivity index (χ0n) is 16.4. The third-order valence-corrected chi connectivity index (χ3v) is 5.72. The Kier molecular flexibility index (Phi) is 6.26. The first kappa shape index (κ1) is 21.6. The highest BCUT2D eigenvalue weighted by molar-refractivity contribution is 7.89. The molecule has 150 valence electrons. The molecule has 0 saturated heterocycles. The van der Waals surface area contributed by atoms with Crippen LogP contribution in [0, 0.1) is 27.7 Å². The molecule has 0 fully saturated rings. The Balaban J connectivity index is 2.21. The third kappa shape index (κ3) is 4.40. The number of nitrogens with zero attached hydrogens (tertiary/aromatic N) is 1. The third-order valence-electron chi connectivity index (χ3n) is 4.68. The Morgan fingerprint density at radius 1 is 1.18 bits per heavy atom. The van der Waals surface area contributed by atoms with Crippen LogP contribution in [-0.2, 0) is 21.3 Å². The van der Waals surface area contributed by atoms with Gasteiger partial charge in [0.2, 0.25) is 15.8 Å². The highest BCUT2D eigenvalue weighted by atomic mass is 32.2. The molecule has 1 heterocycles. The van der Waals surface area contributed by atoms with Gasteiger partial charge in [-0.05, 0) is 57.0 Å². The molecule has 0 radical (unpaired) electrons. The number of benzene rings is 1. The smallest absolute Gasteiger partial charge is 0.338 e. The number of Topliss-reactive ketones (excluding diaryl/α,β-unsaturated/α-hetero) is 1. The maximum Gasteiger partial charge on any atom is 0.338 e. The summed E-state index contributed by atoms with van der Waals surface area (Å²) >= 11 is 0. The number of primary sulfonamides is 1. The number of carbonyl (C=O) groups is 2. The van der Waals surface area contributed by atoms with E-state index in [0.717, 1.165) is 11.4 Å². The largest absolute Gasteiger partial charge is 0.454 e. The molecule has 2 rings (SSSR count). The lowest BCUT2D eigenvalue weighted by atomic mass is 10.1. The number of rotatable bonds is 7. The van der Waals surface area contributed by atoms with Crippen LogP contribution < -0.4 is 5.14 Å². The Labute approximate surface area is 164 Å². The van der Waals surface area contributed by atoms with E-state index in [2.05, 4.69) is 6.58 Å². The fourth-order valence-corrected chi connectivity index (χ4v) is 3.91. The van der Waals surface area contributed by atoms with Gasteiger partial charge in [0.15, 0.2) is 6.61 Å². The summed E-state index contributed by atoms with van der Waals surface area (Å²) in [6, 6.07) is 4.41. The van der Waals surface area contributed by atoms with Crippen molar-refractivity contribution in [3.63, 3.8) is 0 Å². The summed E-state index contributed by atoms with van der Waals surface area (Å²) in [4.78, 5) is 24.7. The topological polar surface area (TPSA) is 108 Å². The molecule has 1 aromatic heterocycles. The van der Waals surface area contributed by atoms with Crippen molar-refractivity contribution in [3.8, 4) is 0 Å². The number of hydrogen-bond donors (Lipinski definition) is 1. The van der Waals surface area contributed by atoms with Crippen molar-refractivity contribution in [2.75, 3.05) is 6.61 Å². The molecular weight excluding hydrogens is 380 g/mol. The molecule has 0 amide bonds. The van der Waals surface area contributed by atoms with Crippen molar-refractivity contribution in [3.05, 3.63) is 64.5 Å². The Hall–Kier alpha value is -2.71. The second-order valence-corrected chi connectivity index (χ2v) is 8.17. The molecule has 0 aliphatic heterocycles. The van der Waals surface area contributed by atoms with E-state index in [1.165, 1.54) is 12.1 Å². The van der Waals surface area contributed by atoms with Gasteiger partial charge in [-0.1, -0.05) is 6.08 Å². The van der Waals surface area contributed by atoms with E-state index in [9.17, 15) is 18.0 Å². The zero-order chi connectivity index (χ0) is 21.2. The lowest BCUT2D eigenvalue weighted by Crippen LogP contribution is -2.18. The minimum atomic E-state index is -3.98. The quantitative estimate of drug-likeness (QED) is 0.433. The highest BCUT2D eigenvalue weighted by Gasteiger charge is 2.20. The van der Waals surface area contributed by atoms with Crippen LogP contribution in [0.25, 0.3) is 0 Å². The van der Waals surface area contributed by atoms with Gasteiger partial charge in [0, 0.05) is 23.5 Å². The van der Waals surface area contributed by atoms with E-state index in [1.54, 1.807) is 26.0 Å². The van der Waals surface area contributed by atoms with Crippen LogP contribution in [0.15, 0.2) is 35.7 Å². The van der Waals surface area contributed by atoms with Crippen LogP contribution in [0.5, 0.6) is 0 Å². The summed E-state index contributed by atoms with van der Waals surface area (Å²) in [5.74, 6) is -1.13. The van der Waals surface area contributed by atoms with Gasteiger partial charge in [0.05, 0.1) is 10.5 Å². The fraction of sp³-hybridized carbons (Fsp3) is 0.300. The molecule has 0 saturated carbocycles. The van der Waals surface area contributed by atoms with Crippen LogP contribution in [0.2, 0.25) is 0 Å². The molecule has 0 spiro atoms. The molecule has 1 aromatic carbocycles. The van der Waals surface area contributed by atoms with E-state index < -0.39 is 22.6 Å². The first-order valence-corrected chi connectivity index (χ1v) is 10.1. The molecule has 2 aromatic rings. The van der Waals surface area contributed by atoms with E-state index in [4.69, 9.17) is 9.88 Å². The summed E-state index contributed by atoms with van der Waals surface area (Å²) in [6.07, 6.45) is 1.73. The Bertz CT molecular complexity index is 1060. The number of aryl methyl sites for hydroxylation is 2. The number of aromatic nitrogens is 1. The van der Waals surface area contributed by atoms with Crippen molar-refractivity contribution < 1.29 is 22.7 Å². The fourth-order valence-electron chi connectivity index (χ4n) is 3.03. The van der Waals surface area contributed by atoms with E-state index in [-0.39, 0.29) is 16.2 Å². The summed E-state index contributed by atoms with van der Waals surface area (Å²) in [5.41, 5.74) is 3.21. The van der Waals surface area contributed by atoms with Gasteiger partial charge in [-0.2, -0.15) is 0 Å². The zero-order valence-corrected chi connectivity index (χ0v) is 17.2. The van der Waals surface area contributed by atoms with Gasteiger partial charge < -0.3 is 9.30 Å². The van der Waals surface area contributed by atoms with Crippen molar-refractivity contribution >= 4 is 21.8 Å². The number of carbonyl (C=O) groups excluding carboxylic acids is 2. The minimum absolute atomic E-state index is 0.0251. The molecule has 0 aliphatic rings. The molecular formula is C20H24N2O5S. The van der Waals surface area contributed by atoms with E-state index in [0.29, 0.717) is 23.2 Å². The van der Waals surface area contributed by atoms with Crippen LogP contribution in [0.3, 0.4) is 0 Å². The Morgan fingerprint density at radius 2 is 1.82 bits per heavy atom. The first-order valence-electron chi connectivity index (χ1n) is 8.59. The lowest BCUT2D eigenvalue weighted by molar-refractivity contribution is 0.0474. The predicted molar refractivity (Wildman–Crippen MR) is 106 cm³/mol. The molecule has 2 N–H and O–H groups in total. The standard InChI is InChI=1S/C20H24N2O5S/c1-6-7-22-13(3)9-17(15(22)5)18(23)11-27-20(24)16-8-12(2)14(4)19(10-16)28(21,25)26/h6,8-10H,1,7,11H2,2-5H3,(H2,21,25,26). The predicted octanol–water partition coefficient (Wildman–Crippen LogP) is 2.59.